The van der Waals surface area contributed by atoms with E-state index < -0.39 is 0 Å². The first kappa shape index (κ1) is 28.4. The molecule has 2 amide bonds. The third kappa shape index (κ3) is 6.87. The number of nitrogens with zero attached hydrogens (tertiary/aromatic N) is 3. The van der Waals surface area contributed by atoms with Crippen LogP contribution in [-0.2, 0) is 0 Å². The molecule has 1 atom stereocenters. The second-order valence-corrected chi connectivity index (χ2v) is 11.3. The van der Waals surface area contributed by atoms with Crippen molar-refractivity contribution in [3.63, 3.8) is 0 Å². The number of hydrogen-bond acceptors (Lipinski definition) is 10. The van der Waals surface area contributed by atoms with Crippen LogP contribution in [0.3, 0.4) is 0 Å². The van der Waals surface area contributed by atoms with Gasteiger partial charge in [0, 0.05) is 28.9 Å². The maximum absolute atomic E-state index is 12.6. The molecule has 1 aliphatic heterocycles. The van der Waals surface area contributed by atoms with Crippen molar-refractivity contribution in [2.45, 2.75) is 19.3 Å². The molecule has 0 bridgehead atoms. The molecule has 222 valence electrons. The van der Waals surface area contributed by atoms with Crippen molar-refractivity contribution in [2.75, 3.05) is 49.9 Å². The molecule has 6 rings (SSSR count). The number of aromatic nitrogens is 3. The van der Waals surface area contributed by atoms with Crippen molar-refractivity contribution in [2.24, 2.45) is 5.92 Å². The van der Waals surface area contributed by atoms with Crippen molar-refractivity contribution in [3.05, 3.63) is 60.9 Å². The minimum absolute atomic E-state index is 0.355. The van der Waals surface area contributed by atoms with Crippen LogP contribution in [0.4, 0.5) is 27.1 Å². The number of methoxy groups -OCH3 is 2. The number of carbonyl (C=O) groups is 1. The fourth-order valence-corrected chi connectivity index (χ4v) is 6.01. The summed E-state index contributed by atoms with van der Waals surface area (Å²) in [6.07, 6.45) is 4.90. The SMILES string of the molecule is COc1cccc(NC(=O)Nc2ccc3nc(Nc4ncnc5cc(OCCCC6CCNC6)c(OC)cc45)sc3c2)c1. The van der Waals surface area contributed by atoms with Gasteiger partial charge in [0.25, 0.3) is 0 Å². The molecule has 0 radical (unpaired) electrons. The van der Waals surface area contributed by atoms with E-state index in [1.807, 2.05) is 42.5 Å². The highest BCUT2D eigenvalue weighted by atomic mass is 32.1. The summed E-state index contributed by atoms with van der Waals surface area (Å²) in [5.74, 6) is 3.30. The summed E-state index contributed by atoms with van der Waals surface area (Å²) < 4.78 is 17.9. The van der Waals surface area contributed by atoms with Gasteiger partial charge in [0.1, 0.15) is 17.9 Å². The first-order valence-electron chi connectivity index (χ1n) is 14.1. The number of thiazole rings is 1. The summed E-state index contributed by atoms with van der Waals surface area (Å²) >= 11 is 1.46. The number of nitrogens with one attached hydrogen (secondary N) is 4. The molecule has 3 aromatic carbocycles. The predicted octanol–water partition coefficient (Wildman–Crippen LogP) is 6.41. The van der Waals surface area contributed by atoms with Gasteiger partial charge in [-0.25, -0.2) is 19.7 Å². The number of ether oxygens (including phenoxy) is 3. The van der Waals surface area contributed by atoms with Gasteiger partial charge in [-0.1, -0.05) is 17.4 Å². The van der Waals surface area contributed by atoms with Crippen molar-refractivity contribution in [1.29, 1.82) is 0 Å². The summed E-state index contributed by atoms with van der Waals surface area (Å²) in [4.78, 5) is 26.2. The molecule has 1 saturated heterocycles. The molecule has 1 fully saturated rings. The molecule has 12 heteroatoms. The molecular weight excluding hydrogens is 566 g/mol. The number of rotatable bonds is 11. The van der Waals surface area contributed by atoms with E-state index in [-0.39, 0.29) is 6.03 Å². The zero-order chi connectivity index (χ0) is 29.6. The van der Waals surface area contributed by atoms with E-state index in [4.69, 9.17) is 19.2 Å². The summed E-state index contributed by atoms with van der Waals surface area (Å²) in [5.41, 5.74) is 2.81. The maximum atomic E-state index is 12.6. The van der Waals surface area contributed by atoms with Crippen LogP contribution >= 0.6 is 11.3 Å². The molecule has 11 nitrogen and oxygen atoms in total. The molecule has 3 heterocycles. The van der Waals surface area contributed by atoms with E-state index in [1.54, 1.807) is 26.4 Å². The normalized spacial score (nSPS) is 14.5. The molecule has 4 N–H and O–H groups in total. The average molecular weight is 600 g/mol. The molecule has 0 saturated carbocycles. The second kappa shape index (κ2) is 13.1. The minimum atomic E-state index is -0.355. The Morgan fingerprint density at radius 1 is 1.00 bits per heavy atom. The van der Waals surface area contributed by atoms with Crippen LogP contribution in [0.1, 0.15) is 19.3 Å². The Morgan fingerprint density at radius 2 is 1.88 bits per heavy atom. The third-order valence-corrected chi connectivity index (χ3v) is 8.23. The van der Waals surface area contributed by atoms with Crippen LogP contribution in [0.2, 0.25) is 0 Å². The lowest BCUT2D eigenvalue weighted by Gasteiger charge is -2.14. The third-order valence-electron chi connectivity index (χ3n) is 7.30. The molecule has 5 aromatic rings. The number of hydrogen-bond donors (Lipinski definition) is 4. The first-order valence-corrected chi connectivity index (χ1v) is 15.0. The number of urea groups is 1. The molecule has 0 spiro atoms. The van der Waals surface area contributed by atoms with Crippen LogP contribution < -0.4 is 35.5 Å². The summed E-state index contributed by atoms with van der Waals surface area (Å²) in [7, 11) is 3.21. The smallest absolute Gasteiger partial charge is 0.323 e. The van der Waals surface area contributed by atoms with Gasteiger partial charge in [0.2, 0.25) is 0 Å². The van der Waals surface area contributed by atoms with Gasteiger partial charge in [-0.05, 0) is 74.7 Å². The summed E-state index contributed by atoms with van der Waals surface area (Å²) in [5, 5.41) is 13.9. The Labute approximate surface area is 253 Å². The van der Waals surface area contributed by atoms with E-state index in [0.29, 0.717) is 46.2 Å². The van der Waals surface area contributed by atoms with Gasteiger partial charge in [-0.2, -0.15) is 0 Å². The molecular formula is C31H33N7O4S. The predicted molar refractivity (Wildman–Crippen MR) is 170 cm³/mol. The monoisotopic (exact) mass is 599 g/mol. The van der Waals surface area contributed by atoms with E-state index in [1.165, 1.54) is 24.1 Å². The largest absolute Gasteiger partial charge is 0.497 e. The van der Waals surface area contributed by atoms with Crippen LogP contribution in [-0.4, -0.2) is 54.9 Å². The lowest BCUT2D eigenvalue weighted by atomic mass is 10.0. The standard InChI is InChI=1S/C31H33N7O4S/c1-40-22-7-3-6-20(13-22)35-30(39)36-21-8-9-24-28(14-21)43-31(37-24)38-29-23-15-26(41-2)27(16-25(23)33-18-34-29)42-12-4-5-19-10-11-32-17-19/h3,6-9,13-16,18-19,32H,4-5,10-12,17H2,1-2H3,(H2,35,36,39)(H,33,34,37,38). The van der Waals surface area contributed by atoms with E-state index in [2.05, 4.69) is 31.2 Å². The highest BCUT2D eigenvalue weighted by molar-refractivity contribution is 7.22. The van der Waals surface area contributed by atoms with Gasteiger partial charge < -0.3 is 35.5 Å². The van der Waals surface area contributed by atoms with Gasteiger partial charge in [-0.3, -0.25) is 0 Å². The Kier molecular flexibility index (Phi) is 8.66. The lowest BCUT2D eigenvalue weighted by molar-refractivity contribution is 0.262. The Hall–Kier alpha value is -4.68. The summed E-state index contributed by atoms with van der Waals surface area (Å²) in [6, 6.07) is 16.2. The molecule has 1 aliphatic rings. The van der Waals surface area contributed by atoms with Gasteiger partial charge >= 0.3 is 6.03 Å². The zero-order valence-electron chi connectivity index (χ0n) is 24.0. The molecule has 43 heavy (non-hydrogen) atoms. The van der Waals surface area contributed by atoms with Crippen LogP contribution in [0.5, 0.6) is 17.2 Å². The molecule has 2 aromatic heterocycles. The van der Waals surface area contributed by atoms with Gasteiger partial charge in [-0.15, -0.1) is 0 Å². The van der Waals surface area contributed by atoms with Gasteiger partial charge in [0.15, 0.2) is 16.6 Å². The topological polar surface area (TPSA) is 132 Å². The van der Waals surface area contributed by atoms with Crippen molar-refractivity contribution < 1.29 is 19.0 Å². The number of fused-ring (bicyclic) bond motifs is 2. The molecule has 1 unspecified atom stereocenters. The average Bonchev–Trinajstić information content (AvgIpc) is 3.68. The lowest BCUT2D eigenvalue weighted by Crippen LogP contribution is -2.19. The number of anilines is 4. The number of benzene rings is 3. The Bertz CT molecular complexity index is 1740. The maximum Gasteiger partial charge on any atom is 0.323 e. The van der Waals surface area contributed by atoms with E-state index in [0.717, 1.165) is 53.0 Å². The van der Waals surface area contributed by atoms with Crippen LogP contribution in [0, 0.1) is 5.92 Å². The van der Waals surface area contributed by atoms with Crippen molar-refractivity contribution in [3.8, 4) is 17.2 Å². The Morgan fingerprint density at radius 3 is 2.70 bits per heavy atom. The fraction of sp³-hybridized carbons (Fsp3) is 0.290. The van der Waals surface area contributed by atoms with Crippen LogP contribution in [0.15, 0.2) is 60.9 Å². The first-order chi connectivity index (χ1) is 21.1. The zero-order valence-corrected chi connectivity index (χ0v) is 24.8. The second-order valence-electron chi connectivity index (χ2n) is 10.2. The fourth-order valence-electron chi connectivity index (χ4n) is 5.10. The quantitative estimate of drug-likeness (QED) is 0.127. The highest BCUT2D eigenvalue weighted by Crippen LogP contribution is 2.36. The molecule has 0 aliphatic carbocycles. The van der Waals surface area contributed by atoms with E-state index >= 15 is 0 Å². The van der Waals surface area contributed by atoms with Crippen molar-refractivity contribution >= 4 is 60.8 Å². The van der Waals surface area contributed by atoms with E-state index in [9.17, 15) is 4.79 Å². The minimum Gasteiger partial charge on any atom is -0.497 e. The van der Waals surface area contributed by atoms with Gasteiger partial charge in [0.05, 0.1) is 36.6 Å². The van der Waals surface area contributed by atoms with Crippen LogP contribution in [0.25, 0.3) is 21.1 Å². The number of carbonyl (C=O) groups excluding carboxylic acids is 1. The number of amides is 2. The Balaban J connectivity index is 1.14. The summed E-state index contributed by atoms with van der Waals surface area (Å²) in [6.45, 7) is 2.83. The van der Waals surface area contributed by atoms with Crippen molar-refractivity contribution in [1.82, 2.24) is 20.3 Å². The highest BCUT2D eigenvalue weighted by Gasteiger charge is 2.16.